The van der Waals surface area contributed by atoms with Crippen molar-refractivity contribution in [3.63, 3.8) is 0 Å². The van der Waals surface area contributed by atoms with Crippen molar-refractivity contribution >= 4 is 17.8 Å². The molecule has 0 aliphatic carbocycles. The van der Waals surface area contributed by atoms with E-state index in [1.165, 1.54) is 0 Å². The number of carbonyl (C=O) groups is 1. The lowest BCUT2D eigenvalue weighted by atomic mass is 10.2. The molecule has 1 N–H and O–H groups in total. The highest BCUT2D eigenvalue weighted by atomic mass is 16.2. The molecule has 0 aliphatic heterocycles. The number of hydrogen-bond donors (Lipinski definition) is 1. The van der Waals surface area contributed by atoms with Crippen LogP contribution in [0.4, 0.5) is 10.5 Å². The third-order valence-electron chi connectivity index (χ3n) is 2.73. The molecule has 0 bridgehead atoms. The molecule has 0 aliphatic rings. The summed E-state index contributed by atoms with van der Waals surface area (Å²) in [7, 11) is 1.74. The number of amides is 2. The van der Waals surface area contributed by atoms with Crippen molar-refractivity contribution in [2.75, 3.05) is 11.9 Å². The van der Waals surface area contributed by atoms with Gasteiger partial charge in [0.1, 0.15) is 0 Å². The van der Waals surface area contributed by atoms with E-state index in [1.54, 1.807) is 18.1 Å². The molecule has 2 amide bonds. The lowest BCUT2D eigenvalue weighted by Crippen LogP contribution is -2.34. The zero-order valence-electron chi connectivity index (χ0n) is 10.8. The van der Waals surface area contributed by atoms with Crippen LogP contribution in [-0.4, -0.2) is 13.1 Å². The molecule has 0 spiro atoms. The van der Waals surface area contributed by atoms with Crippen molar-refractivity contribution in [1.82, 2.24) is 5.32 Å². The Balaban J connectivity index is 1.93. The smallest absolute Gasteiger partial charge is 0.314 e. The number of para-hydroxylation sites is 1. The summed E-state index contributed by atoms with van der Waals surface area (Å²) in [6, 6.07) is 19.2. The second-order valence-electron chi connectivity index (χ2n) is 4.09. The third kappa shape index (κ3) is 3.71. The summed E-state index contributed by atoms with van der Waals surface area (Å²) in [6.07, 6.45) is 3.51. The van der Waals surface area contributed by atoms with E-state index >= 15 is 0 Å². The molecule has 19 heavy (non-hydrogen) atoms. The Bertz CT molecular complexity index is 549. The van der Waals surface area contributed by atoms with Crippen molar-refractivity contribution in [2.24, 2.45) is 0 Å². The van der Waals surface area contributed by atoms with E-state index in [9.17, 15) is 4.79 Å². The highest BCUT2D eigenvalue weighted by Gasteiger charge is 2.07. The molecular formula is C16H16N2O. The predicted octanol–water partition coefficient (Wildman–Crippen LogP) is 3.50. The Labute approximate surface area is 113 Å². The average molecular weight is 252 g/mol. The predicted molar refractivity (Wildman–Crippen MR) is 78.9 cm³/mol. The molecule has 0 saturated heterocycles. The number of rotatable bonds is 3. The van der Waals surface area contributed by atoms with Crippen LogP contribution >= 0.6 is 0 Å². The van der Waals surface area contributed by atoms with Gasteiger partial charge in [0.15, 0.2) is 0 Å². The summed E-state index contributed by atoms with van der Waals surface area (Å²) in [5.74, 6) is 0. The minimum atomic E-state index is -0.168. The van der Waals surface area contributed by atoms with Crippen LogP contribution in [0.3, 0.4) is 0 Å². The maximum absolute atomic E-state index is 11.9. The number of nitrogens with zero attached hydrogens (tertiary/aromatic N) is 1. The molecule has 3 nitrogen and oxygen atoms in total. The summed E-state index contributed by atoms with van der Waals surface area (Å²) in [6.45, 7) is 0. The number of nitrogens with one attached hydrogen (secondary N) is 1. The first kappa shape index (κ1) is 12.9. The van der Waals surface area contributed by atoms with Gasteiger partial charge in [-0.2, -0.15) is 0 Å². The monoisotopic (exact) mass is 252 g/mol. The summed E-state index contributed by atoms with van der Waals surface area (Å²) in [5.41, 5.74) is 1.90. The van der Waals surface area contributed by atoms with Gasteiger partial charge in [0, 0.05) is 18.9 Å². The first-order chi connectivity index (χ1) is 9.27. The average Bonchev–Trinajstić information content (AvgIpc) is 2.48. The Hall–Kier alpha value is -2.55. The number of carbonyl (C=O) groups excluding carboxylic acids is 1. The molecule has 0 fully saturated rings. The fraction of sp³-hybridized carbons (Fsp3) is 0.0625. The largest absolute Gasteiger partial charge is 0.325 e. The number of anilines is 1. The molecule has 0 atom stereocenters. The van der Waals surface area contributed by atoms with Crippen LogP contribution in [0.25, 0.3) is 6.08 Å². The van der Waals surface area contributed by atoms with Gasteiger partial charge in [-0.3, -0.25) is 4.90 Å². The van der Waals surface area contributed by atoms with E-state index in [-0.39, 0.29) is 6.03 Å². The van der Waals surface area contributed by atoms with E-state index in [0.717, 1.165) is 11.3 Å². The molecule has 2 aromatic carbocycles. The van der Waals surface area contributed by atoms with Crippen molar-refractivity contribution in [3.05, 3.63) is 72.4 Å². The van der Waals surface area contributed by atoms with Crippen LogP contribution in [-0.2, 0) is 0 Å². The Kier molecular flexibility index (Phi) is 4.34. The van der Waals surface area contributed by atoms with Crippen molar-refractivity contribution in [1.29, 1.82) is 0 Å². The van der Waals surface area contributed by atoms with E-state index in [2.05, 4.69) is 5.32 Å². The van der Waals surface area contributed by atoms with E-state index in [0.29, 0.717) is 0 Å². The first-order valence-corrected chi connectivity index (χ1v) is 6.08. The van der Waals surface area contributed by atoms with Crippen molar-refractivity contribution in [2.45, 2.75) is 0 Å². The summed E-state index contributed by atoms with van der Waals surface area (Å²) >= 11 is 0. The van der Waals surface area contributed by atoms with Gasteiger partial charge in [-0.1, -0.05) is 48.5 Å². The van der Waals surface area contributed by atoms with Crippen LogP contribution in [0.5, 0.6) is 0 Å². The van der Waals surface area contributed by atoms with Gasteiger partial charge in [-0.05, 0) is 23.8 Å². The number of urea groups is 1. The second-order valence-corrected chi connectivity index (χ2v) is 4.09. The molecule has 0 aromatic heterocycles. The van der Waals surface area contributed by atoms with Crippen LogP contribution < -0.4 is 10.2 Å². The summed E-state index contributed by atoms with van der Waals surface area (Å²) < 4.78 is 0. The molecule has 2 aromatic rings. The molecule has 0 saturated carbocycles. The van der Waals surface area contributed by atoms with Crippen LogP contribution in [0, 0.1) is 0 Å². The molecule has 2 rings (SSSR count). The van der Waals surface area contributed by atoms with Gasteiger partial charge in [0.2, 0.25) is 0 Å². The van der Waals surface area contributed by atoms with Gasteiger partial charge in [0.05, 0.1) is 0 Å². The molecule has 96 valence electrons. The second kappa shape index (κ2) is 6.40. The molecule has 3 heteroatoms. The zero-order valence-corrected chi connectivity index (χ0v) is 10.8. The highest BCUT2D eigenvalue weighted by molar-refractivity contribution is 5.92. The number of benzene rings is 2. The van der Waals surface area contributed by atoms with Gasteiger partial charge >= 0.3 is 6.03 Å². The van der Waals surface area contributed by atoms with Crippen LogP contribution in [0.2, 0.25) is 0 Å². The van der Waals surface area contributed by atoms with Crippen LogP contribution in [0.15, 0.2) is 66.9 Å². The highest BCUT2D eigenvalue weighted by Crippen LogP contribution is 2.10. The Morgan fingerprint density at radius 2 is 1.58 bits per heavy atom. The third-order valence-corrected chi connectivity index (χ3v) is 2.73. The summed E-state index contributed by atoms with van der Waals surface area (Å²) in [5, 5.41) is 2.74. The van der Waals surface area contributed by atoms with E-state index in [1.807, 2.05) is 66.7 Å². The topological polar surface area (TPSA) is 32.3 Å². The normalized spacial score (nSPS) is 10.4. The minimum Gasteiger partial charge on any atom is -0.314 e. The maximum atomic E-state index is 11.9. The fourth-order valence-electron chi connectivity index (χ4n) is 1.64. The van der Waals surface area contributed by atoms with Crippen LogP contribution in [0.1, 0.15) is 5.56 Å². The number of hydrogen-bond acceptors (Lipinski definition) is 1. The lowest BCUT2D eigenvalue weighted by molar-refractivity contribution is 0.250. The van der Waals surface area contributed by atoms with Crippen molar-refractivity contribution in [3.8, 4) is 0 Å². The summed E-state index contributed by atoms with van der Waals surface area (Å²) in [4.78, 5) is 13.5. The van der Waals surface area contributed by atoms with E-state index in [4.69, 9.17) is 0 Å². The van der Waals surface area contributed by atoms with Gasteiger partial charge in [-0.15, -0.1) is 0 Å². The fourth-order valence-corrected chi connectivity index (χ4v) is 1.64. The SMILES string of the molecule is CN(C(=O)N/C=C/c1ccccc1)c1ccccc1. The quantitative estimate of drug-likeness (QED) is 0.890. The molecule has 0 unspecified atom stereocenters. The standard InChI is InChI=1S/C16H16N2O/c1-18(15-10-6-3-7-11-15)16(19)17-13-12-14-8-4-2-5-9-14/h2-13H,1H3,(H,17,19)/b13-12+. The maximum Gasteiger partial charge on any atom is 0.325 e. The zero-order chi connectivity index (χ0) is 13.5. The molecule has 0 heterocycles. The molecule has 0 radical (unpaired) electrons. The van der Waals surface area contributed by atoms with Crippen molar-refractivity contribution < 1.29 is 4.79 Å². The van der Waals surface area contributed by atoms with Gasteiger partial charge < -0.3 is 5.32 Å². The Morgan fingerprint density at radius 3 is 2.21 bits per heavy atom. The van der Waals surface area contributed by atoms with E-state index < -0.39 is 0 Å². The minimum absolute atomic E-state index is 0.168. The Morgan fingerprint density at radius 1 is 1.00 bits per heavy atom. The lowest BCUT2D eigenvalue weighted by Gasteiger charge is -2.16. The molecular weight excluding hydrogens is 236 g/mol. The first-order valence-electron chi connectivity index (χ1n) is 6.08. The van der Waals surface area contributed by atoms with Gasteiger partial charge in [-0.25, -0.2) is 4.79 Å². The van der Waals surface area contributed by atoms with Gasteiger partial charge in [0.25, 0.3) is 0 Å².